The van der Waals surface area contributed by atoms with Crippen LogP contribution in [0.2, 0.25) is 0 Å². The first-order valence-corrected chi connectivity index (χ1v) is 5.93. The Bertz CT molecular complexity index is 367. The summed E-state index contributed by atoms with van der Waals surface area (Å²) in [5.74, 6) is 0. The maximum Gasteiger partial charge on any atom is 0.410 e. The Morgan fingerprint density at radius 3 is 2.88 bits per heavy atom. The van der Waals surface area contributed by atoms with E-state index in [1.807, 2.05) is 30.3 Å². The van der Waals surface area contributed by atoms with Gasteiger partial charge in [-0.2, -0.15) is 0 Å². The maximum atomic E-state index is 11.8. The predicted octanol–water partition coefficient (Wildman–Crippen LogP) is 1.79. The average molecular weight is 234 g/mol. The van der Waals surface area contributed by atoms with Crippen LogP contribution >= 0.6 is 0 Å². The highest BCUT2D eigenvalue weighted by molar-refractivity contribution is 5.68. The van der Waals surface area contributed by atoms with Crippen LogP contribution in [0.5, 0.6) is 0 Å². The number of ether oxygens (including phenoxy) is 1. The van der Waals surface area contributed by atoms with Crippen LogP contribution in [0.1, 0.15) is 18.0 Å². The lowest BCUT2D eigenvalue weighted by Gasteiger charge is -2.28. The molecule has 1 amide bonds. The smallest absolute Gasteiger partial charge is 0.410 e. The van der Waals surface area contributed by atoms with E-state index in [4.69, 9.17) is 4.74 Å². The number of amides is 1. The minimum absolute atomic E-state index is 0.0612. The molecule has 1 fully saturated rings. The molecule has 4 heteroatoms. The third-order valence-corrected chi connectivity index (χ3v) is 3.06. The van der Waals surface area contributed by atoms with E-state index in [1.54, 1.807) is 4.90 Å². The number of nitrogens with zero attached hydrogens (tertiary/aromatic N) is 1. The lowest BCUT2D eigenvalue weighted by atomic mass is 10.1. The van der Waals surface area contributed by atoms with E-state index in [0.717, 1.165) is 31.6 Å². The van der Waals surface area contributed by atoms with Gasteiger partial charge >= 0.3 is 6.09 Å². The standard InChI is InChI=1S/C13H18N2O2/c1-17-13(16)15-9-5-8-14-10-12(15)11-6-3-2-4-7-11/h2-4,6-7,12,14H,5,8-10H2,1H3. The van der Waals surface area contributed by atoms with Crippen LogP contribution in [0.3, 0.4) is 0 Å². The number of carbonyl (C=O) groups excluding carboxylic acids is 1. The van der Waals surface area contributed by atoms with E-state index in [1.165, 1.54) is 7.11 Å². The summed E-state index contributed by atoms with van der Waals surface area (Å²) < 4.78 is 4.86. The van der Waals surface area contributed by atoms with Crippen molar-refractivity contribution in [3.63, 3.8) is 0 Å². The third kappa shape index (κ3) is 2.77. The zero-order valence-electron chi connectivity index (χ0n) is 10.1. The minimum Gasteiger partial charge on any atom is -0.453 e. The molecule has 4 nitrogen and oxygen atoms in total. The number of benzene rings is 1. The fourth-order valence-corrected chi connectivity index (χ4v) is 2.19. The highest BCUT2D eigenvalue weighted by Crippen LogP contribution is 2.22. The molecule has 1 aliphatic heterocycles. The molecule has 0 spiro atoms. The summed E-state index contributed by atoms with van der Waals surface area (Å²) in [7, 11) is 1.43. The molecule has 1 aromatic rings. The highest BCUT2D eigenvalue weighted by atomic mass is 16.5. The first kappa shape index (κ1) is 11.9. The van der Waals surface area contributed by atoms with Gasteiger partial charge in [0.05, 0.1) is 13.2 Å². The Kier molecular flexibility index (Phi) is 3.98. The van der Waals surface area contributed by atoms with Gasteiger partial charge in [0.15, 0.2) is 0 Å². The summed E-state index contributed by atoms with van der Waals surface area (Å²) in [6.07, 6.45) is 0.709. The lowest BCUT2D eigenvalue weighted by Crippen LogP contribution is -2.37. The second-order valence-electron chi connectivity index (χ2n) is 4.15. The van der Waals surface area contributed by atoms with Gasteiger partial charge in [-0.15, -0.1) is 0 Å². The summed E-state index contributed by atoms with van der Waals surface area (Å²) in [6.45, 7) is 2.45. The number of hydrogen-bond donors (Lipinski definition) is 1. The van der Waals surface area contributed by atoms with Gasteiger partial charge in [-0.05, 0) is 18.5 Å². The van der Waals surface area contributed by atoms with Gasteiger partial charge in [0.25, 0.3) is 0 Å². The largest absolute Gasteiger partial charge is 0.453 e. The van der Waals surface area contributed by atoms with Crippen LogP contribution in [0.4, 0.5) is 4.79 Å². The maximum absolute atomic E-state index is 11.8. The SMILES string of the molecule is COC(=O)N1CCCNCC1c1ccccc1. The molecule has 1 atom stereocenters. The van der Waals surface area contributed by atoms with Crippen LogP contribution < -0.4 is 5.32 Å². The Morgan fingerprint density at radius 2 is 2.18 bits per heavy atom. The lowest BCUT2D eigenvalue weighted by molar-refractivity contribution is 0.108. The summed E-state index contributed by atoms with van der Waals surface area (Å²) >= 11 is 0. The van der Waals surface area contributed by atoms with Crippen molar-refractivity contribution in [2.75, 3.05) is 26.7 Å². The molecular weight excluding hydrogens is 216 g/mol. The van der Waals surface area contributed by atoms with Crippen molar-refractivity contribution in [1.82, 2.24) is 10.2 Å². The molecule has 0 radical (unpaired) electrons. The first-order valence-electron chi connectivity index (χ1n) is 5.93. The van der Waals surface area contributed by atoms with Crippen molar-refractivity contribution < 1.29 is 9.53 Å². The fourth-order valence-electron chi connectivity index (χ4n) is 2.19. The molecular formula is C13H18N2O2. The number of methoxy groups -OCH3 is 1. The molecule has 1 aromatic carbocycles. The Morgan fingerprint density at radius 1 is 1.41 bits per heavy atom. The van der Waals surface area contributed by atoms with Gasteiger partial charge in [-0.1, -0.05) is 30.3 Å². The van der Waals surface area contributed by atoms with Crippen LogP contribution in [0.15, 0.2) is 30.3 Å². The second kappa shape index (κ2) is 5.68. The van der Waals surface area contributed by atoms with E-state index in [0.29, 0.717) is 0 Å². The summed E-state index contributed by atoms with van der Waals surface area (Å²) in [4.78, 5) is 13.6. The third-order valence-electron chi connectivity index (χ3n) is 3.06. The Balaban J connectivity index is 2.23. The van der Waals surface area contributed by atoms with Crippen molar-refractivity contribution in [3.05, 3.63) is 35.9 Å². The van der Waals surface area contributed by atoms with Crippen LogP contribution in [0, 0.1) is 0 Å². The predicted molar refractivity (Wildman–Crippen MR) is 65.8 cm³/mol. The highest BCUT2D eigenvalue weighted by Gasteiger charge is 2.26. The Labute approximate surface area is 102 Å². The molecule has 17 heavy (non-hydrogen) atoms. The molecule has 0 bridgehead atoms. The number of hydrogen-bond acceptors (Lipinski definition) is 3. The number of rotatable bonds is 1. The average Bonchev–Trinajstić information content (AvgIpc) is 2.64. The molecule has 0 aliphatic carbocycles. The van der Waals surface area contributed by atoms with E-state index in [2.05, 4.69) is 5.32 Å². The Hall–Kier alpha value is -1.55. The van der Waals surface area contributed by atoms with Gasteiger partial charge < -0.3 is 10.1 Å². The molecule has 0 saturated carbocycles. The van der Waals surface area contributed by atoms with Crippen molar-refractivity contribution in [3.8, 4) is 0 Å². The summed E-state index contributed by atoms with van der Waals surface area (Å²) in [6, 6.07) is 10.1. The van der Waals surface area contributed by atoms with Gasteiger partial charge in [0.1, 0.15) is 0 Å². The van der Waals surface area contributed by atoms with Gasteiger partial charge in [-0.3, -0.25) is 4.90 Å². The molecule has 0 aromatic heterocycles. The van der Waals surface area contributed by atoms with Crippen molar-refractivity contribution in [2.45, 2.75) is 12.5 Å². The fraction of sp³-hybridized carbons (Fsp3) is 0.462. The molecule has 1 heterocycles. The topological polar surface area (TPSA) is 41.6 Å². The second-order valence-corrected chi connectivity index (χ2v) is 4.15. The van der Waals surface area contributed by atoms with Crippen molar-refractivity contribution in [1.29, 1.82) is 0 Å². The van der Waals surface area contributed by atoms with Crippen LogP contribution in [-0.4, -0.2) is 37.7 Å². The minimum atomic E-state index is -0.248. The summed E-state index contributed by atoms with van der Waals surface area (Å²) in [5, 5.41) is 3.36. The zero-order valence-corrected chi connectivity index (χ0v) is 10.1. The summed E-state index contributed by atoms with van der Waals surface area (Å²) in [5.41, 5.74) is 1.15. The normalized spacial score (nSPS) is 20.8. The number of carbonyl (C=O) groups is 1. The molecule has 92 valence electrons. The van der Waals surface area contributed by atoms with Gasteiger partial charge in [0.2, 0.25) is 0 Å². The molecule has 1 saturated heterocycles. The van der Waals surface area contributed by atoms with Crippen molar-refractivity contribution in [2.24, 2.45) is 0 Å². The number of nitrogens with one attached hydrogen (secondary N) is 1. The van der Waals surface area contributed by atoms with Gasteiger partial charge in [-0.25, -0.2) is 4.79 Å². The molecule has 1 aliphatic rings. The molecule has 1 N–H and O–H groups in total. The molecule has 1 unspecified atom stereocenters. The van der Waals surface area contributed by atoms with E-state index < -0.39 is 0 Å². The van der Waals surface area contributed by atoms with E-state index in [9.17, 15) is 4.79 Å². The zero-order chi connectivity index (χ0) is 12.1. The van der Waals surface area contributed by atoms with E-state index in [-0.39, 0.29) is 12.1 Å². The van der Waals surface area contributed by atoms with Crippen molar-refractivity contribution >= 4 is 6.09 Å². The quantitative estimate of drug-likeness (QED) is 0.805. The van der Waals surface area contributed by atoms with Crippen LogP contribution in [0.25, 0.3) is 0 Å². The van der Waals surface area contributed by atoms with Crippen LogP contribution in [-0.2, 0) is 4.74 Å². The first-order chi connectivity index (χ1) is 8.33. The van der Waals surface area contributed by atoms with E-state index >= 15 is 0 Å². The monoisotopic (exact) mass is 234 g/mol. The molecule has 2 rings (SSSR count). The van der Waals surface area contributed by atoms with Gasteiger partial charge in [0, 0.05) is 13.1 Å².